The third kappa shape index (κ3) is 38.6. The minimum atomic E-state index is 0. The van der Waals surface area contributed by atoms with Gasteiger partial charge in [-0.2, -0.15) is 0 Å². The molecule has 0 spiro atoms. The molecule has 0 saturated heterocycles. The third-order valence-electron chi connectivity index (χ3n) is 3.09. The van der Waals surface area contributed by atoms with Gasteiger partial charge in [-0.05, 0) is 39.0 Å². The Morgan fingerprint density at radius 2 is 1.00 bits per heavy atom. The molecule has 1 radical (unpaired) electrons. The summed E-state index contributed by atoms with van der Waals surface area (Å²) in [5.41, 5.74) is 2.03. The average molecular weight is 426 g/mol. The first-order valence-electron chi connectivity index (χ1n) is 8.23. The maximum atomic E-state index is 4.18. The van der Waals surface area contributed by atoms with E-state index in [4.69, 9.17) is 0 Å². The van der Waals surface area contributed by atoms with Crippen molar-refractivity contribution in [2.75, 3.05) is 40.0 Å². The Hall–Kier alpha value is 1.11. The third-order valence-corrected chi connectivity index (χ3v) is 3.09. The Kier molecular flexibility index (Phi) is 31.4. The van der Waals surface area contributed by atoms with Crippen LogP contribution in [-0.2, 0) is 16.8 Å². The molecule has 0 bridgehead atoms. The summed E-state index contributed by atoms with van der Waals surface area (Å²) in [6.45, 7) is 33.7. The van der Waals surface area contributed by atoms with Gasteiger partial charge in [0.2, 0.25) is 0 Å². The van der Waals surface area contributed by atoms with Gasteiger partial charge in [-0.3, -0.25) is 0 Å². The zero-order chi connectivity index (χ0) is 18.0. The molecule has 0 aromatic heterocycles. The second-order valence-electron chi connectivity index (χ2n) is 9.32. The minimum absolute atomic E-state index is 0. The van der Waals surface area contributed by atoms with Crippen LogP contribution < -0.4 is 0 Å². The first kappa shape index (κ1) is 40.0. The second-order valence-corrected chi connectivity index (χ2v) is 15.3. The van der Waals surface area contributed by atoms with Crippen molar-refractivity contribution in [1.82, 2.24) is 0 Å². The molecule has 0 aliphatic rings. The van der Waals surface area contributed by atoms with Crippen LogP contribution in [0.4, 0.5) is 0 Å². The van der Waals surface area contributed by atoms with E-state index in [0.717, 1.165) is 6.42 Å². The predicted octanol–water partition coefficient (Wildman–Crippen LogP) is 7.74. The molecular formula is C21H52CoP2+2. The molecule has 153 valence electrons. The van der Waals surface area contributed by atoms with Gasteiger partial charge in [-0.25, -0.2) is 0 Å². The molecule has 3 heteroatoms. The van der Waals surface area contributed by atoms with Crippen LogP contribution >= 0.6 is 15.8 Å². The van der Waals surface area contributed by atoms with Crippen molar-refractivity contribution in [1.29, 1.82) is 0 Å². The summed E-state index contributed by atoms with van der Waals surface area (Å²) in [5.74, 6) is 0.708. The molecule has 0 N–H and O–H groups in total. The van der Waals surface area contributed by atoms with Crippen LogP contribution in [0.2, 0.25) is 0 Å². The van der Waals surface area contributed by atoms with Gasteiger partial charge in [0.05, 0.1) is 0 Å². The van der Waals surface area contributed by atoms with Gasteiger partial charge < -0.3 is 14.9 Å². The Labute approximate surface area is 171 Å². The fraction of sp³-hybridized carbons (Fsp3) is 0.810. The normalized spacial score (nSPS) is 11.5. The van der Waals surface area contributed by atoms with Gasteiger partial charge in [0.25, 0.3) is 0 Å². The molecule has 0 aliphatic carbocycles. The fourth-order valence-corrected chi connectivity index (χ4v) is 0.982. The van der Waals surface area contributed by atoms with Gasteiger partial charge >= 0.3 is 16.8 Å². The van der Waals surface area contributed by atoms with Crippen molar-refractivity contribution in [2.24, 2.45) is 16.7 Å². The van der Waals surface area contributed by atoms with Gasteiger partial charge in [-0.15, -0.1) is 0 Å². The minimum Gasteiger partial charge on any atom is -0.358 e. The summed E-state index contributed by atoms with van der Waals surface area (Å²) < 4.78 is 0. The van der Waals surface area contributed by atoms with E-state index in [-0.39, 0.29) is 52.9 Å². The van der Waals surface area contributed by atoms with E-state index in [1.807, 2.05) is 0 Å². The zero-order valence-corrected chi connectivity index (χ0v) is 22.9. The average Bonchev–Trinajstić information content (AvgIpc) is 2.11. The van der Waals surface area contributed by atoms with E-state index < -0.39 is 0 Å². The van der Waals surface area contributed by atoms with Crippen LogP contribution in [0.3, 0.4) is 0 Å². The van der Waals surface area contributed by atoms with Crippen molar-refractivity contribution in [3.05, 3.63) is 27.0 Å². The first-order chi connectivity index (χ1) is 9.01. The summed E-state index contributed by atoms with van der Waals surface area (Å²) in [7, 11) is 0.241. The molecule has 0 aromatic rings. The monoisotopic (exact) mass is 425 g/mol. The summed E-state index contributed by atoms with van der Waals surface area (Å²) in [6.07, 6.45) is 1.15. The molecular weight excluding hydrogens is 373 g/mol. The summed E-state index contributed by atoms with van der Waals surface area (Å²) >= 11 is 0. The molecule has 0 heterocycles. The first-order valence-corrected chi connectivity index (χ1v) is 14.2. The zero-order valence-electron chi connectivity index (χ0n) is 19.8. The largest absolute Gasteiger partial charge is 2.00 e. The van der Waals surface area contributed by atoms with E-state index in [2.05, 4.69) is 95.0 Å². The van der Waals surface area contributed by atoms with Gasteiger partial charge in [0, 0.05) is 40.0 Å². The van der Waals surface area contributed by atoms with E-state index in [0.29, 0.717) is 11.3 Å². The van der Waals surface area contributed by atoms with Gasteiger partial charge in [0.15, 0.2) is 0 Å². The Morgan fingerprint density at radius 3 is 1.12 bits per heavy atom. The Balaban J connectivity index is -0.0000000626. The van der Waals surface area contributed by atoms with Crippen LogP contribution in [0.25, 0.3) is 0 Å². The Morgan fingerprint density at radius 1 is 0.792 bits per heavy atom. The van der Waals surface area contributed by atoms with Crippen molar-refractivity contribution >= 4 is 15.8 Å². The van der Waals surface area contributed by atoms with Gasteiger partial charge in [-0.1, -0.05) is 60.6 Å². The van der Waals surface area contributed by atoms with E-state index in [9.17, 15) is 0 Å². The molecule has 0 aliphatic heterocycles. The standard InChI is InChI=1S/C13H26.2C3H9P.2CH3.Co/c1-10(12(3,4)5)9-11(2)13(6,7)8;2*1-4(2)3;;;/h11H,1,9H2,2-8H3;2*1-3H3;2*1H3;/q;;;2*-1;+2/p+2. The SMILES string of the molecule is C=C(CC(C)C(C)(C)C)C(C)(C)C.C[PH+](C)C.C[PH+](C)C.[CH3-].[CH3-].[Co+2]. The van der Waals surface area contributed by atoms with E-state index in [1.54, 1.807) is 0 Å². The summed E-state index contributed by atoms with van der Waals surface area (Å²) in [6, 6.07) is 0. The summed E-state index contributed by atoms with van der Waals surface area (Å²) in [4.78, 5) is 0. The van der Waals surface area contributed by atoms with Crippen molar-refractivity contribution in [3.8, 4) is 0 Å². The van der Waals surface area contributed by atoms with E-state index in [1.165, 1.54) is 5.57 Å². The van der Waals surface area contributed by atoms with Gasteiger partial charge in [0.1, 0.15) is 0 Å². The quantitative estimate of drug-likeness (QED) is 0.241. The molecule has 1 atom stereocenters. The molecule has 0 rings (SSSR count). The maximum Gasteiger partial charge on any atom is 2.00 e. The van der Waals surface area contributed by atoms with Crippen molar-refractivity contribution < 1.29 is 16.8 Å². The topological polar surface area (TPSA) is 0 Å². The van der Waals surface area contributed by atoms with Crippen molar-refractivity contribution in [2.45, 2.75) is 54.9 Å². The maximum absolute atomic E-state index is 4.18. The molecule has 0 amide bonds. The molecule has 0 aromatic carbocycles. The molecule has 24 heavy (non-hydrogen) atoms. The van der Waals surface area contributed by atoms with E-state index >= 15 is 0 Å². The second kappa shape index (κ2) is 18.9. The summed E-state index contributed by atoms with van der Waals surface area (Å²) in [5, 5.41) is 0. The fourth-order valence-electron chi connectivity index (χ4n) is 0.982. The smallest absolute Gasteiger partial charge is 0.358 e. The van der Waals surface area contributed by atoms with Crippen LogP contribution in [0.15, 0.2) is 12.2 Å². The van der Waals surface area contributed by atoms with Crippen molar-refractivity contribution in [3.63, 3.8) is 0 Å². The van der Waals surface area contributed by atoms with Crippen LogP contribution in [0.1, 0.15) is 54.9 Å². The molecule has 0 fully saturated rings. The molecule has 0 nitrogen and oxygen atoms in total. The van der Waals surface area contributed by atoms with Crippen LogP contribution in [0.5, 0.6) is 0 Å². The number of allylic oxidation sites excluding steroid dienone is 1. The number of hydrogen-bond acceptors (Lipinski definition) is 0. The number of rotatable bonds is 2. The number of hydrogen-bond donors (Lipinski definition) is 0. The van der Waals surface area contributed by atoms with Crippen LogP contribution in [-0.4, -0.2) is 40.0 Å². The van der Waals surface area contributed by atoms with Crippen LogP contribution in [0, 0.1) is 31.6 Å². The Bertz CT molecular complexity index is 246. The molecule has 0 saturated carbocycles. The molecule has 1 unspecified atom stereocenters. The predicted molar refractivity (Wildman–Crippen MR) is 127 cm³/mol.